The van der Waals surface area contributed by atoms with Crippen LogP contribution in [0.2, 0.25) is 0 Å². The molecule has 1 amide bonds. The number of hydrogen-bond donors (Lipinski definition) is 3. The van der Waals surface area contributed by atoms with Crippen LogP contribution in [0, 0.1) is 0 Å². The number of phenols is 1. The van der Waals surface area contributed by atoms with Gasteiger partial charge in [-0.25, -0.2) is 8.42 Å². The Labute approximate surface area is 183 Å². The highest BCUT2D eigenvalue weighted by molar-refractivity contribution is 7.72. The maximum Gasteiger partial charge on any atom is 0.219 e. The topological polar surface area (TPSA) is 107 Å². The smallest absolute Gasteiger partial charge is 0.219 e. The van der Waals surface area contributed by atoms with Crippen molar-refractivity contribution < 1.29 is 23.1 Å². The van der Waals surface area contributed by atoms with Crippen molar-refractivity contribution in [3.8, 4) is 11.5 Å². The van der Waals surface area contributed by atoms with Gasteiger partial charge in [0.15, 0.2) is 11.5 Å². The predicted molar refractivity (Wildman–Crippen MR) is 120 cm³/mol. The minimum absolute atomic E-state index is 0.0840. The molecule has 3 aromatic rings. The van der Waals surface area contributed by atoms with Crippen molar-refractivity contribution in [3.63, 3.8) is 0 Å². The molecule has 3 aromatic carbocycles. The molecule has 0 saturated heterocycles. The Morgan fingerprint density at radius 1 is 0.935 bits per heavy atom. The Balaban J connectivity index is 1.65. The largest absolute Gasteiger partial charge is 0.504 e. The van der Waals surface area contributed by atoms with E-state index in [1.807, 2.05) is 48.5 Å². The van der Waals surface area contributed by atoms with Crippen LogP contribution in [-0.4, -0.2) is 26.0 Å². The normalized spacial score (nSPS) is 11.9. The summed E-state index contributed by atoms with van der Waals surface area (Å²) >= 11 is 0. The van der Waals surface area contributed by atoms with Crippen LogP contribution in [0.5, 0.6) is 11.5 Å². The first kappa shape index (κ1) is 22.4. The fourth-order valence-corrected chi connectivity index (χ4v) is 4.05. The lowest BCUT2D eigenvalue weighted by atomic mass is 10.0. The molecule has 1 unspecified atom stereocenters. The Hall–Kier alpha value is -3.32. The molecule has 0 spiro atoms. The zero-order valence-electron chi connectivity index (χ0n) is 16.9. The Morgan fingerprint density at radius 3 is 2.26 bits per heavy atom. The van der Waals surface area contributed by atoms with Crippen molar-refractivity contribution >= 4 is 16.6 Å². The van der Waals surface area contributed by atoms with E-state index >= 15 is 0 Å². The second kappa shape index (κ2) is 10.6. The number of nitrogens with two attached hydrogens (primary N) is 1. The molecule has 1 atom stereocenters. The molecule has 0 saturated carbocycles. The third-order valence-corrected chi connectivity index (χ3v) is 5.93. The molecular formula is C24H25NO5S. The first-order chi connectivity index (χ1) is 14.9. The summed E-state index contributed by atoms with van der Waals surface area (Å²) < 4.78 is 28.7. The number of ether oxygens (including phenoxy) is 1. The van der Waals surface area contributed by atoms with Gasteiger partial charge >= 0.3 is 0 Å². The number of amides is 1. The average Bonchev–Trinajstić information content (AvgIpc) is 2.75. The third-order valence-electron chi connectivity index (χ3n) is 4.94. The second-order valence-corrected chi connectivity index (χ2v) is 8.47. The highest BCUT2D eigenvalue weighted by atomic mass is 32.2. The first-order valence-electron chi connectivity index (χ1n) is 9.91. The molecule has 7 heteroatoms. The SMILES string of the molecule is NC(=O)CC(c1ccc(Cc2ccc(O)c(OCCc3ccccc3)c2)cc1)[SH](=O)=O. The standard InChI is InChI=1S/C24H25NO5S/c25-24(27)16-23(31(28)29)20-9-6-18(7-10-20)14-19-8-11-21(26)22(15-19)30-13-12-17-4-2-1-3-5-17/h1-11,15,23,26,31H,12-14,16H2,(H2,25,27). The number of carbonyl (C=O) groups excluding carboxylic acids is 1. The number of phenolic OH excluding ortho intramolecular Hbond substituents is 1. The fourth-order valence-electron chi connectivity index (χ4n) is 3.31. The maximum absolute atomic E-state index is 11.4. The van der Waals surface area contributed by atoms with Crippen molar-refractivity contribution in [1.29, 1.82) is 0 Å². The van der Waals surface area contributed by atoms with E-state index in [-0.39, 0.29) is 12.2 Å². The zero-order valence-corrected chi connectivity index (χ0v) is 17.8. The first-order valence-corrected chi connectivity index (χ1v) is 11.2. The summed E-state index contributed by atoms with van der Waals surface area (Å²) in [6.45, 7) is 0.449. The molecule has 0 bridgehead atoms. The van der Waals surface area contributed by atoms with Crippen molar-refractivity contribution in [2.45, 2.75) is 24.5 Å². The lowest BCUT2D eigenvalue weighted by Crippen LogP contribution is -2.16. The van der Waals surface area contributed by atoms with Gasteiger partial charge in [0.1, 0.15) is 10.7 Å². The predicted octanol–water partition coefficient (Wildman–Crippen LogP) is 3.13. The van der Waals surface area contributed by atoms with Crippen LogP contribution in [0.15, 0.2) is 72.8 Å². The third kappa shape index (κ3) is 6.58. The van der Waals surface area contributed by atoms with E-state index in [1.54, 1.807) is 24.3 Å². The molecule has 0 heterocycles. The number of rotatable bonds is 10. The zero-order chi connectivity index (χ0) is 22.2. The molecule has 3 N–H and O–H groups in total. The van der Waals surface area contributed by atoms with Gasteiger partial charge in [0.2, 0.25) is 5.91 Å². The van der Waals surface area contributed by atoms with Gasteiger partial charge in [0.25, 0.3) is 0 Å². The second-order valence-electron chi connectivity index (χ2n) is 7.28. The van der Waals surface area contributed by atoms with Gasteiger partial charge in [-0.15, -0.1) is 0 Å². The molecule has 0 aliphatic heterocycles. The number of hydrogen-bond acceptors (Lipinski definition) is 5. The van der Waals surface area contributed by atoms with E-state index in [9.17, 15) is 18.3 Å². The highest BCUT2D eigenvalue weighted by Gasteiger charge is 2.17. The summed E-state index contributed by atoms with van der Waals surface area (Å²) in [6.07, 6.45) is 1.08. The number of primary amides is 1. The Morgan fingerprint density at radius 2 is 1.61 bits per heavy atom. The molecule has 0 aliphatic rings. The van der Waals surface area contributed by atoms with E-state index < -0.39 is 21.9 Å². The molecule has 6 nitrogen and oxygen atoms in total. The molecule has 31 heavy (non-hydrogen) atoms. The summed E-state index contributed by atoms with van der Waals surface area (Å²) in [5.41, 5.74) is 8.76. The van der Waals surface area contributed by atoms with Crippen molar-refractivity contribution in [3.05, 3.63) is 95.1 Å². The summed E-state index contributed by atoms with van der Waals surface area (Å²) in [4.78, 5) is 11.1. The average molecular weight is 440 g/mol. The summed E-state index contributed by atoms with van der Waals surface area (Å²) in [6, 6.07) is 22.2. The van der Waals surface area contributed by atoms with Crippen LogP contribution in [0.4, 0.5) is 0 Å². The quantitative estimate of drug-likeness (QED) is 0.421. The highest BCUT2D eigenvalue weighted by Crippen LogP contribution is 2.28. The van der Waals surface area contributed by atoms with Crippen LogP contribution in [0.1, 0.15) is 33.9 Å². The monoisotopic (exact) mass is 439 g/mol. The van der Waals surface area contributed by atoms with Gasteiger partial charge in [0.05, 0.1) is 11.9 Å². The number of benzene rings is 3. The number of aromatic hydroxyl groups is 1. The van der Waals surface area contributed by atoms with Crippen molar-refractivity contribution in [1.82, 2.24) is 0 Å². The van der Waals surface area contributed by atoms with Crippen LogP contribution < -0.4 is 10.5 Å². The van der Waals surface area contributed by atoms with Gasteiger partial charge < -0.3 is 15.6 Å². The maximum atomic E-state index is 11.4. The van der Waals surface area contributed by atoms with E-state index in [0.717, 1.165) is 23.1 Å². The van der Waals surface area contributed by atoms with Crippen molar-refractivity contribution in [2.24, 2.45) is 5.73 Å². The van der Waals surface area contributed by atoms with Gasteiger partial charge in [0, 0.05) is 12.8 Å². The summed E-state index contributed by atoms with van der Waals surface area (Å²) in [5, 5.41) is 9.18. The van der Waals surface area contributed by atoms with Gasteiger partial charge in [-0.1, -0.05) is 60.7 Å². The van der Waals surface area contributed by atoms with Gasteiger partial charge in [-0.05, 0) is 40.8 Å². The molecule has 0 fully saturated rings. The van der Waals surface area contributed by atoms with Crippen LogP contribution >= 0.6 is 0 Å². The lowest BCUT2D eigenvalue weighted by Gasteiger charge is -2.12. The van der Waals surface area contributed by atoms with E-state index in [2.05, 4.69) is 0 Å². The van der Waals surface area contributed by atoms with E-state index in [0.29, 0.717) is 24.3 Å². The summed E-state index contributed by atoms with van der Waals surface area (Å²) in [7, 11) is -2.81. The minimum atomic E-state index is -2.81. The number of carbonyl (C=O) groups is 1. The Kier molecular flexibility index (Phi) is 7.67. The summed E-state index contributed by atoms with van der Waals surface area (Å²) in [5.74, 6) is -0.146. The molecule has 162 valence electrons. The fraction of sp³-hybridized carbons (Fsp3) is 0.208. The molecule has 0 radical (unpaired) electrons. The van der Waals surface area contributed by atoms with Gasteiger partial charge in [-0.3, -0.25) is 4.79 Å². The minimum Gasteiger partial charge on any atom is -0.504 e. The van der Waals surface area contributed by atoms with E-state index in [4.69, 9.17) is 10.5 Å². The van der Waals surface area contributed by atoms with Gasteiger partial charge in [-0.2, -0.15) is 0 Å². The Bertz CT molecular complexity index is 1090. The van der Waals surface area contributed by atoms with Crippen molar-refractivity contribution in [2.75, 3.05) is 6.61 Å². The molecule has 0 aromatic heterocycles. The van der Waals surface area contributed by atoms with E-state index in [1.165, 1.54) is 0 Å². The van der Waals surface area contributed by atoms with Crippen LogP contribution in [-0.2, 0) is 28.3 Å². The van der Waals surface area contributed by atoms with Crippen LogP contribution in [0.25, 0.3) is 0 Å². The lowest BCUT2D eigenvalue weighted by molar-refractivity contribution is -0.118. The van der Waals surface area contributed by atoms with Crippen LogP contribution in [0.3, 0.4) is 0 Å². The molecule has 0 aliphatic carbocycles. The molecular weight excluding hydrogens is 414 g/mol. The number of thiol groups is 1. The molecule has 3 rings (SSSR count).